The molecule has 9 nitrogen and oxygen atoms in total. The summed E-state index contributed by atoms with van der Waals surface area (Å²) in [4.78, 5) is 34.9. The standard InChI is InChI=1S/C45H86NO8P/c1-3-5-7-9-11-13-15-17-19-20-21-22-24-26-28-30-32-34-36-38-45(48)54-43(42-53-55(49,50)52-40-39-46)41-51-44(47)37-35-33-31-29-27-25-23-18-16-14-12-10-8-6-4-2/h14,16-17,19,43H,3-13,15,18,20-42,46H2,1-2H3,(H,49,50)/b16-14+,19-17+/t43-/m1/s1. The topological polar surface area (TPSA) is 134 Å². The summed E-state index contributed by atoms with van der Waals surface area (Å²) in [6, 6.07) is 0. The molecule has 0 aliphatic carbocycles. The lowest BCUT2D eigenvalue weighted by molar-refractivity contribution is -0.161. The summed E-state index contributed by atoms with van der Waals surface area (Å²) in [5.41, 5.74) is 5.35. The Morgan fingerprint density at radius 1 is 0.527 bits per heavy atom. The quantitative estimate of drug-likeness (QED) is 0.0267. The van der Waals surface area contributed by atoms with E-state index >= 15 is 0 Å². The van der Waals surface area contributed by atoms with Gasteiger partial charge in [0, 0.05) is 19.4 Å². The number of allylic oxidation sites excluding steroid dienone is 4. The first-order chi connectivity index (χ1) is 26.8. The lowest BCUT2D eigenvalue weighted by Gasteiger charge is -2.19. The maximum Gasteiger partial charge on any atom is 0.472 e. The third-order valence-electron chi connectivity index (χ3n) is 9.81. The van der Waals surface area contributed by atoms with Gasteiger partial charge in [0.05, 0.1) is 13.2 Å². The zero-order valence-corrected chi connectivity index (χ0v) is 36.6. The van der Waals surface area contributed by atoms with Gasteiger partial charge >= 0.3 is 19.8 Å². The van der Waals surface area contributed by atoms with Crippen molar-refractivity contribution in [3.8, 4) is 0 Å². The van der Waals surface area contributed by atoms with Gasteiger partial charge in [-0.1, -0.05) is 167 Å². The summed E-state index contributed by atoms with van der Waals surface area (Å²) in [5.74, 6) is -0.829. The first-order valence-electron chi connectivity index (χ1n) is 22.8. The van der Waals surface area contributed by atoms with Gasteiger partial charge in [-0.2, -0.15) is 0 Å². The Morgan fingerprint density at radius 3 is 1.31 bits per heavy atom. The third kappa shape index (κ3) is 41.9. The minimum atomic E-state index is -4.38. The Kier molecular flexibility index (Phi) is 40.9. The molecule has 0 rings (SSSR count). The molecule has 0 radical (unpaired) electrons. The molecular weight excluding hydrogens is 713 g/mol. The van der Waals surface area contributed by atoms with E-state index in [1.54, 1.807) is 0 Å². The summed E-state index contributed by atoms with van der Waals surface area (Å²) in [5, 5.41) is 0. The third-order valence-corrected chi connectivity index (χ3v) is 10.8. The molecule has 324 valence electrons. The molecule has 2 atom stereocenters. The molecule has 0 aromatic rings. The van der Waals surface area contributed by atoms with E-state index in [9.17, 15) is 19.0 Å². The van der Waals surface area contributed by atoms with E-state index in [0.29, 0.717) is 6.42 Å². The van der Waals surface area contributed by atoms with Crippen molar-refractivity contribution in [1.29, 1.82) is 0 Å². The molecule has 0 heterocycles. The number of unbranched alkanes of at least 4 members (excludes halogenated alkanes) is 26. The van der Waals surface area contributed by atoms with Crippen LogP contribution in [0.25, 0.3) is 0 Å². The summed E-state index contributed by atoms with van der Waals surface area (Å²) >= 11 is 0. The van der Waals surface area contributed by atoms with Gasteiger partial charge in [-0.15, -0.1) is 0 Å². The van der Waals surface area contributed by atoms with Crippen LogP contribution in [0.5, 0.6) is 0 Å². The molecule has 3 N–H and O–H groups in total. The van der Waals surface area contributed by atoms with E-state index in [1.807, 2.05) is 0 Å². The molecular formula is C45H86NO8P. The lowest BCUT2D eigenvalue weighted by atomic mass is 10.1. The Balaban J connectivity index is 4.10. The van der Waals surface area contributed by atoms with E-state index in [4.69, 9.17) is 24.3 Å². The average molecular weight is 800 g/mol. The number of hydrogen-bond donors (Lipinski definition) is 2. The van der Waals surface area contributed by atoms with Crippen molar-refractivity contribution in [1.82, 2.24) is 0 Å². The fourth-order valence-corrected chi connectivity index (χ4v) is 7.15. The number of phosphoric acid groups is 1. The number of ether oxygens (including phenoxy) is 2. The van der Waals surface area contributed by atoms with Crippen LogP contribution in [0, 0.1) is 0 Å². The van der Waals surface area contributed by atoms with Crippen LogP contribution < -0.4 is 5.73 Å². The molecule has 0 aromatic heterocycles. The van der Waals surface area contributed by atoms with Gasteiger partial charge < -0.3 is 20.1 Å². The monoisotopic (exact) mass is 800 g/mol. The predicted molar refractivity (Wildman–Crippen MR) is 229 cm³/mol. The van der Waals surface area contributed by atoms with Crippen LogP contribution >= 0.6 is 7.82 Å². The Labute approximate surface area is 338 Å². The fraction of sp³-hybridized carbons (Fsp3) is 0.867. The molecule has 1 unspecified atom stereocenters. The van der Waals surface area contributed by atoms with Gasteiger partial charge in [0.2, 0.25) is 0 Å². The number of carbonyl (C=O) groups excluding carboxylic acids is 2. The van der Waals surface area contributed by atoms with Crippen molar-refractivity contribution >= 4 is 19.8 Å². The Hall–Kier alpha value is -1.51. The van der Waals surface area contributed by atoms with Crippen LogP contribution in [0.4, 0.5) is 0 Å². The van der Waals surface area contributed by atoms with E-state index < -0.39 is 26.5 Å². The van der Waals surface area contributed by atoms with Crippen LogP contribution in [0.3, 0.4) is 0 Å². The summed E-state index contributed by atoms with van der Waals surface area (Å²) in [7, 11) is -4.38. The highest BCUT2D eigenvalue weighted by Gasteiger charge is 2.26. The van der Waals surface area contributed by atoms with Gasteiger partial charge in [-0.25, -0.2) is 4.57 Å². The second-order valence-corrected chi connectivity index (χ2v) is 16.7. The van der Waals surface area contributed by atoms with Gasteiger partial charge in [0.1, 0.15) is 6.61 Å². The molecule has 0 aromatic carbocycles. The smallest absolute Gasteiger partial charge is 0.462 e. The zero-order chi connectivity index (χ0) is 40.3. The average Bonchev–Trinajstić information content (AvgIpc) is 3.17. The normalized spacial score (nSPS) is 13.5. The number of hydrogen-bond acceptors (Lipinski definition) is 8. The maximum absolute atomic E-state index is 12.6. The van der Waals surface area contributed by atoms with Crippen LogP contribution in [0.15, 0.2) is 24.3 Å². The van der Waals surface area contributed by atoms with E-state index in [0.717, 1.165) is 51.4 Å². The van der Waals surface area contributed by atoms with Crippen LogP contribution in [-0.4, -0.2) is 49.3 Å². The minimum absolute atomic E-state index is 0.0537. The highest BCUT2D eigenvalue weighted by atomic mass is 31.2. The number of esters is 2. The first-order valence-corrected chi connectivity index (χ1v) is 24.3. The Morgan fingerprint density at radius 2 is 0.891 bits per heavy atom. The Bertz CT molecular complexity index is 959. The molecule has 10 heteroatoms. The van der Waals surface area contributed by atoms with Crippen LogP contribution in [0.2, 0.25) is 0 Å². The van der Waals surface area contributed by atoms with Gasteiger partial charge in [-0.05, 0) is 64.2 Å². The second kappa shape index (κ2) is 42.1. The molecule has 55 heavy (non-hydrogen) atoms. The number of carbonyl (C=O) groups is 2. The number of rotatable bonds is 43. The fourth-order valence-electron chi connectivity index (χ4n) is 6.39. The van der Waals surface area contributed by atoms with E-state index in [1.165, 1.54) is 135 Å². The highest BCUT2D eigenvalue weighted by Crippen LogP contribution is 2.43. The molecule has 0 fully saturated rings. The SMILES string of the molecule is CCCCCC/C=C/CCCCCCCCCC(=O)OC[C@H](COP(=O)(O)OCCN)OC(=O)CCCCCCCCCCC/C=C/CCCCCCCC. The minimum Gasteiger partial charge on any atom is -0.462 e. The van der Waals surface area contributed by atoms with Crippen molar-refractivity contribution < 1.29 is 37.6 Å². The lowest BCUT2D eigenvalue weighted by Crippen LogP contribution is -2.29. The molecule has 0 spiro atoms. The second-order valence-electron chi connectivity index (χ2n) is 15.3. The van der Waals surface area contributed by atoms with Crippen molar-refractivity contribution in [3.05, 3.63) is 24.3 Å². The summed E-state index contributed by atoms with van der Waals surface area (Å²) in [6.07, 6.45) is 44.9. The van der Waals surface area contributed by atoms with Gasteiger partial charge in [0.25, 0.3) is 0 Å². The predicted octanol–water partition coefficient (Wildman–Crippen LogP) is 13.2. The van der Waals surface area contributed by atoms with Crippen LogP contribution in [-0.2, 0) is 32.7 Å². The van der Waals surface area contributed by atoms with Gasteiger partial charge in [0.15, 0.2) is 6.10 Å². The molecule has 0 amide bonds. The largest absolute Gasteiger partial charge is 0.472 e. The van der Waals surface area contributed by atoms with Gasteiger partial charge in [-0.3, -0.25) is 18.6 Å². The molecule has 0 bridgehead atoms. The molecule has 0 saturated carbocycles. The van der Waals surface area contributed by atoms with Crippen LogP contribution in [0.1, 0.15) is 219 Å². The molecule has 0 aliphatic heterocycles. The maximum atomic E-state index is 12.6. The van der Waals surface area contributed by atoms with E-state index in [2.05, 4.69) is 38.2 Å². The number of nitrogens with two attached hydrogens (primary N) is 1. The zero-order valence-electron chi connectivity index (χ0n) is 35.7. The summed E-state index contributed by atoms with van der Waals surface area (Å²) in [6.45, 7) is 3.73. The van der Waals surface area contributed by atoms with Crippen molar-refractivity contribution in [3.63, 3.8) is 0 Å². The first kappa shape index (κ1) is 53.5. The van der Waals surface area contributed by atoms with Crippen molar-refractivity contribution in [2.75, 3.05) is 26.4 Å². The molecule has 0 aliphatic rings. The number of phosphoric ester groups is 1. The highest BCUT2D eigenvalue weighted by molar-refractivity contribution is 7.47. The van der Waals surface area contributed by atoms with Crippen molar-refractivity contribution in [2.24, 2.45) is 5.73 Å². The van der Waals surface area contributed by atoms with E-state index in [-0.39, 0.29) is 38.6 Å². The van der Waals surface area contributed by atoms with Crippen molar-refractivity contribution in [2.45, 2.75) is 225 Å². The summed E-state index contributed by atoms with van der Waals surface area (Å²) < 4.78 is 32.8. The molecule has 0 saturated heterocycles.